The van der Waals surface area contributed by atoms with Gasteiger partial charge in [0.2, 0.25) is 12.1 Å². The molecule has 0 saturated carbocycles. The second kappa shape index (κ2) is 13.0. The van der Waals surface area contributed by atoms with E-state index in [1.165, 1.54) is 16.7 Å². The lowest BCUT2D eigenvalue weighted by Gasteiger charge is -2.33. The lowest BCUT2D eigenvalue weighted by Crippen LogP contribution is -2.61. The molecule has 5 heterocycles. The van der Waals surface area contributed by atoms with E-state index in [0.29, 0.717) is 5.92 Å². The van der Waals surface area contributed by atoms with Crippen LogP contribution in [0.4, 0.5) is 0 Å². The van der Waals surface area contributed by atoms with Crippen molar-refractivity contribution in [2.24, 2.45) is 0 Å². The molecule has 1 unspecified atom stereocenters. The summed E-state index contributed by atoms with van der Waals surface area (Å²) in [5, 5.41) is 0. The molecule has 3 aliphatic rings. The van der Waals surface area contributed by atoms with Crippen LogP contribution in [-0.2, 0) is 23.9 Å². The van der Waals surface area contributed by atoms with Crippen molar-refractivity contribution < 1.29 is 27.8 Å². The Morgan fingerprint density at radius 1 is 0.686 bits per heavy atom. The normalized spacial score (nSPS) is 18.9. The van der Waals surface area contributed by atoms with Crippen molar-refractivity contribution in [3.8, 4) is 11.5 Å². The number of ether oxygens (including phenoxy) is 2. The molecule has 4 aromatic rings. The molecule has 0 radical (unpaired) electrons. The highest BCUT2D eigenvalue weighted by Gasteiger charge is 2.75. The van der Waals surface area contributed by atoms with Crippen LogP contribution < -0.4 is 18.6 Å². The van der Waals surface area contributed by atoms with Crippen molar-refractivity contribution in [1.29, 1.82) is 0 Å². The van der Waals surface area contributed by atoms with Crippen molar-refractivity contribution in [3.63, 3.8) is 0 Å². The van der Waals surface area contributed by atoms with Crippen molar-refractivity contribution in [2.75, 3.05) is 6.54 Å². The maximum atomic E-state index is 7.25. The summed E-state index contributed by atoms with van der Waals surface area (Å²) >= 11 is 0. The van der Waals surface area contributed by atoms with Gasteiger partial charge >= 0.3 is 6.03 Å². The molecule has 7 rings (SSSR count). The van der Waals surface area contributed by atoms with Crippen LogP contribution in [-0.4, -0.2) is 39.7 Å². The van der Waals surface area contributed by atoms with Gasteiger partial charge in [-0.2, -0.15) is 0 Å². The molecule has 2 aromatic carbocycles. The number of pyridine rings is 2. The summed E-state index contributed by atoms with van der Waals surface area (Å²) in [5.41, 5.74) is 7.05. The maximum absolute atomic E-state index is 7.25. The van der Waals surface area contributed by atoms with Gasteiger partial charge in [0, 0.05) is 56.5 Å². The first kappa shape index (κ1) is 35.1. The second-order valence-corrected chi connectivity index (χ2v) is 17.7. The highest BCUT2D eigenvalue weighted by atomic mass is 16.7. The molecule has 2 aromatic heterocycles. The zero-order chi connectivity index (χ0) is 36.2. The molecular weight excluding hydrogens is 629 g/mol. The molecule has 51 heavy (non-hydrogen) atoms. The first-order chi connectivity index (χ1) is 24.1. The van der Waals surface area contributed by atoms with E-state index in [-0.39, 0.29) is 16.4 Å². The van der Waals surface area contributed by atoms with E-state index in [4.69, 9.17) is 9.47 Å². The first-order valence-corrected chi connectivity index (χ1v) is 19.0. The number of hydrogen-bond donors (Lipinski definition) is 0. The average molecular weight is 687 g/mol. The van der Waals surface area contributed by atoms with Gasteiger partial charge in [0.15, 0.2) is 48.7 Å². The Kier molecular flexibility index (Phi) is 8.96. The molecule has 1 spiro atoms. The van der Waals surface area contributed by atoms with Gasteiger partial charge in [-0.15, -0.1) is 0 Å². The van der Waals surface area contributed by atoms with Crippen molar-refractivity contribution in [1.82, 2.24) is 0 Å². The van der Waals surface area contributed by atoms with Crippen LogP contribution in [0.3, 0.4) is 0 Å². The van der Waals surface area contributed by atoms with E-state index < -0.39 is 6.03 Å². The standard InChI is InChI=1S/C45H58N4O2/c1-33-26-35(34(18-16-24-46-20-12-10-13-21-46)19-17-25-47-22-14-11-15-23-47)27-36-30-48-32-44(8,9)49-31-37-28-38(42(2,3)4)29-39(43(5,6)7)41(37)51-45(48,49)50-40(33)36/h10-15,20-23,26-31,34H,16-19,24-25,32H2,1-9H3/q+4. The monoisotopic (exact) mass is 686 g/mol. The quantitative estimate of drug-likeness (QED) is 0.168. The van der Waals surface area contributed by atoms with Gasteiger partial charge in [0.25, 0.3) is 0 Å². The largest absolute Gasteiger partial charge is 0.704 e. The number of fused-ring (bicyclic) bond motifs is 2. The molecular formula is C45H58N4O2+4. The number of aryl methyl sites for hydroxylation is 3. The van der Waals surface area contributed by atoms with Crippen LogP contribution in [0.15, 0.2) is 85.5 Å². The Morgan fingerprint density at radius 2 is 1.25 bits per heavy atom. The summed E-state index contributed by atoms with van der Waals surface area (Å²) in [6.45, 7) is 23.3. The molecule has 0 bridgehead atoms. The van der Waals surface area contributed by atoms with Gasteiger partial charge in [-0.25, -0.2) is 9.13 Å². The van der Waals surface area contributed by atoms with E-state index in [1.807, 2.05) is 0 Å². The molecule has 6 nitrogen and oxygen atoms in total. The molecule has 6 heteroatoms. The smallest absolute Gasteiger partial charge is 0.340 e. The van der Waals surface area contributed by atoms with Gasteiger partial charge in [-0.1, -0.05) is 75.0 Å². The van der Waals surface area contributed by atoms with Crippen molar-refractivity contribution in [3.05, 3.63) is 119 Å². The Morgan fingerprint density at radius 3 is 1.82 bits per heavy atom. The molecule has 0 amide bonds. The molecule has 0 aliphatic carbocycles. The van der Waals surface area contributed by atoms with Crippen LogP contribution >= 0.6 is 0 Å². The molecule has 3 aliphatic heterocycles. The summed E-state index contributed by atoms with van der Waals surface area (Å²) in [6, 6.07) is 21.0. The van der Waals surface area contributed by atoms with Crippen LogP contribution in [0.2, 0.25) is 0 Å². The summed E-state index contributed by atoms with van der Waals surface area (Å²) in [7, 11) is 0. The Labute approximate surface area is 305 Å². The van der Waals surface area contributed by atoms with E-state index >= 15 is 0 Å². The minimum Gasteiger partial charge on any atom is -0.340 e. The van der Waals surface area contributed by atoms with Crippen molar-refractivity contribution in [2.45, 2.75) is 129 Å². The number of benzene rings is 2. The molecule has 0 N–H and O–H groups in total. The summed E-state index contributed by atoms with van der Waals surface area (Å²) in [4.78, 5) is 0. The van der Waals surface area contributed by atoms with Crippen LogP contribution in [0.5, 0.6) is 11.5 Å². The molecule has 1 fully saturated rings. The average Bonchev–Trinajstić information content (AvgIpc) is 3.30. The Hall–Kier alpha value is -4.32. The third kappa shape index (κ3) is 6.86. The van der Waals surface area contributed by atoms with Gasteiger partial charge in [0.1, 0.15) is 13.1 Å². The zero-order valence-electron chi connectivity index (χ0n) is 32.4. The maximum Gasteiger partial charge on any atom is 0.704 e. The highest BCUT2D eigenvalue weighted by Crippen LogP contribution is 2.47. The van der Waals surface area contributed by atoms with Crippen LogP contribution in [0, 0.1) is 6.92 Å². The summed E-state index contributed by atoms with van der Waals surface area (Å²) in [5.74, 6) is 2.29. The molecule has 1 saturated heterocycles. The van der Waals surface area contributed by atoms with E-state index in [1.54, 1.807) is 0 Å². The van der Waals surface area contributed by atoms with E-state index in [9.17, 15) is 0 Å². The van der Waals surface area contributed by atoms with Crippen LogP contribution in [0.25, 0.3) is 0 Å². The fraction of sp³-hybridized carbons (Fsp3) is 0.467. The van der Waals surface area contributed by atoms with E-state index in [2.05, 4.69) is 178 Å². The predicted molar refractivity (Wildman–Crippen MR) is 203 cm³/mol. The lowest BCUT2D eigenvalue weighted by atomic mass is 9.79. The SMILES string of the molecule is Cc1cc(C(CCC[n+]2ccccc2)CCC[n+]2ccccc2)cc2c1OC13Oc4c(cc(C(C)(C)C)cc4C(C)(C)C)C=[N+]1C(C)(C)C[N+]3=C2. The topological polar surface area (TPSA) is 32.2 Å². The third-order valence-electron chi connectivity index (χ3n) is 11.0. The van der Waals surface area contributed by atoms with Crippen molar-refractivity contribution >= 4 is 12.4 Å². The van der Waals surface area contributed by atoms with Gasteiger partial charge in [0.05, 0.1) is 11.1 Å². The summed E-state index contributed by atoms with van der Waals surface area (Å²) in [6.07, 6.45) is 17.8. The second-order valence-electron chi connectivity index (χ2n) is 17.7. The fourth-order valence-electron chi connectivity index (χ4n) is 8.14. The number of nitrogens with zero attached hydrogens (tertiary/aromatic N) is 4. The highest BCUT2D eigenvalue weighted by molar-refractivity contribution is 5.85. The Bertz CT molecular complexity index is 1940. The number of hydrogen-bond acceptors (Lipinski definition) is 2. The number of aromatic nitrogens is 2. The fourth-order valence-corrected chi connectivity index (χ4v) is 8.14. The number of rotatable bonds is 9. The minimum atomic E-state index is -1.09. The summed E-state index contributed by atoms with van der Waals surface area (Å²) < 4.78 is 23.7. The van der Waals surface area contributed by atoms with Gasteiger partial charge < -0.3 is 9.47 Å². The first-order valence-electron chi connectivity index (χ1n) is 19.0. The Balaban J connectivity index is 1.24. The predicted octanol–water partition coefficient (Wildman–Crippen LogP) is 7.96. The van der Waals surface area contributed by atoms with Gasteiger partial charge in [-0.3, -0.25) is 0 Å². The third-order valence-corrected chi connectivity index (χ3v) is 11.0. The zero-order valence-corrected chi connectivity index (χ0v) is 32.4. The lowest BCUT2D eigenvalue weighted by molar-refractivity contribution is -0.867. The van der Waals surface area contributed by atoms with E-state index in [0.717, 1.165) is 73.5 Å². The molecule has 266 valence electrons. The van der Waals surface area contributed by atoms with Crippen LogP contribution in [0.1, 0.15) is 120 Å². The molecule has 1 atom stereocenters. The van der Waals surface area contributed by atoms with Gasteiger partial charge in [-0.05, 0) is 65.3 Å². The minimum absolute atomic E-state index is 0.0199.